The van der Waals surface area contributed by atoms with E-state index in [-0.39, 0.29) is 6.04 Å². The molecule has 13 heavy (non-hydrogen) atoms. The van der Waals surface area contributed by atoms with Gasteiger partial charge in [-0.05, 0) is 19.3 Å². The first-order valence-corrected chi connectivity index (χ1v) is 5.49. The van der Waals surface area contributed by atoms with Gasteiger partial charge in [0.15, 0.2) is 0 Å². The van der Waals surface area contributed by atoms with E-state index in [2.05, 4.69) is 24.0 Å². The Hall–Kier alpha value is -0.480. The summed E-state index contributed by atoms with van der Waals surface area (Å²) in [5, 5.41) is 10.2. The van der Waals surface area contributed by atoms with Gasteiger partial charge in [0.25, 0.3) is 0 Å². The lowest BCUT2D eigenvalue weighted by molar-refractivity contribution is 0.583. The van der Waals surface area contributed by atoms with E-state index >= 15 is 0 Å². The summed E-state index contributed by atoms with van der Waals surface area (Å²) in [5.41, 5.74) is 5.69. The van der Waals surface area contributed by atoms with Gasteiger partial charge < -0.3 is 5.73 Å². The third-order valence-corrected chi connectivity index (χ3v) is 2.99. The molecular weight excluding hydrogens is 182 g/mol. The Morgan fingerprint density at radius 3 is 2.46 bits per heavy atom. The molecule has 0 aliphatic rings. The molecule has 4 heteroatoms. The van der Waals surface area contributed by atoms with Gasteiger partial charge in [0.05, 0.1) is 6.04 Å². The number of rotatable bonds is 4. The zero-order valence-electron chi connectivity index (χ0n) is 8.45. The molecule has 2 N–H and O–H groups in total. The SMILES string of the molecule is CC(C)CCc1nnc(C(C)N)s1. The zero-order valence-corrected chi connectivity index (χ0v) is 9.27. The molecule has 0 aromatic carbocycles. The van der Waals surface area contributed by atoms with Crippen LogP contribution in [0, 0.1) is 5.92 Å². The first-order chi connectivity index (χ1) is 6.09. The highest BCUT2D eigenvalue weighted by atomic mass is 32.1. The second kappa shape index (κ2) is 4.67. The molecule has 1 rings (SSSR count). The van der Waals surface area contributed by atoms with Crippen molar-refractivity contribution in [3.8, 4) is 0 Å². The Morgan fingerprint density at radius 1 is 1.31 bits per heavy atom. The van der Waals surface area contributed by atoms with Gasteiger partial charge >= 0.3 is 0 Å². The first kappa shape index (κ1) is 10.6. The fraction of sp³-hybridized carbons (Fsp3) is 0.778. The van der Waals surface area contributed by atoms with Crippen molar-refractivity contribution in [1.82, 2.24) is 10.2 Å². The lowest BCUT2D eigenvalue weighted by Gasteiger charge is -1.99. The van der Waals surface area contributed by atoms with E-state index in [1.165, 1.54) is 6.42 Å². The molecule has 1 heterocycles. The number of nitrogens with two attached hydrogens (primary N) is 1. The Balaban J connectivity index is 2.49. The second-order valence-corrected chi connectivity index (χ2v) is 4.85. The van der Waals surface area contributed by atoms with Crippen molar-refractivity contribution >= 4 is 11.3 Å². The summed E-state index contributed by atoms with van der Waals surface area (Å²) in [5.74, 6) is 0.725. The third kappa shape index (κ3) is 3.40. The van der Waals surface area contributed by atoms with Gasteiger partial charge in [0.1, 0.15) is 10.0 Å². The zero-order chi connectivity index (χ0) is 9.84. The monoisotopic (exact) mass is 199 g/mol. The molecule has 0 aliphatic heterocycles. The van der Waals surface area contributed by atoms with Crippen LogP contribution in [0.5, 0.6) is 0 Å². The van der Waals surface area contributed by atoms with Crippen LogP contribution < -0.4 is 5.73 Å². The molecular formula is C9H17N3S. The van der Waals surface area contributed by atoms with E-state index < -0.39 is 0 Å². The molecule has 1 aromatic heterocycles. The highest BCUT2D eigenvalue weighted by Gasteiger charge is 2.07. The third-order valence-electron chi connectivity index (χ3n) is 1.81. The molecule has 3 nitrogen and oxygen atoms in total. The van der Waals surface area contributed by atoms with Gasteiger partial charge in [-0.1, -0.05) is 25.2 Å². The first-order valence-electron chi connectivity index (χ1n) is 4.67. The lowest BCUT2D eigenvalue weighted by atomic mass is 10.1. The van der Waals surface area contributed by atoms with E-state index in [9.17, 15) is 0 Å². The number of aryl methyl sites for hydroxylation is 1. The topological polar surface area (TPSA) is 51.8 Å². The average molecular weight is 199 g/mol. The van der Waals surface area contributed by atoms with Crippen LogP contribution in [0.2, 0.25) is 0 Å². The number of aromatic nitrogens is 2. The van der Waals surface area contributed by atoms with Crippen molar-refractivity contribution in [2.75, 3.05) is 0 Å². The molecule has 0 aliphatic carbocycles. The summed E-state index contributed by atoms with van der Waals surface area (Å²) in [6.07, 6.45) is 2.20. The van der Waals surface area contributed by atoms with Gasteiger partial charge in [-0.3, -0.25) is 0 Å². The Morgan fingerprint density at radius 2 is 2.00 bits per heavy atom. The van der Waals surface area contributed by atoms with Crippen LogP contribution in [0.1, 0.15) is 43.2 Å². The van der Waals surface area contributed by atoms with E-state index in [0.29, 0.717) is 0 Å². The minimum atomic E-state index is 0.0188. The number of hydrogen-bond acceptors (Lipinski definition) is 4. The van der Waals surface area contributed by atoms with Crippen LogP contribution >= 0.6 is 11.3 Å². The maximum absolute atomic E-state index is 5.69. The van der Waals surface area contributed by atoms with Gasteiger partial charge in [-0.25, -0.2) is 0 Å². The highest BCUT2D eigenvalue weighted by molar-refractivity contribution is 7.11. The van der Waals surface area contributed by atoms with Crippen LogP contribution in [0.25, 0.3) is 0 Å². The van der Waals surface area contributed by atoms with Crippen LogP contribution in [-0.4, -0.2) is 10.2 Å². The fourth-order valence-electron chi connectivity index (χ4n) is 0.964. The minimum absolute atomic E-state index is 0.0188. The standard InChI is InChI=1S/C9H17N3S/c1-6(2)4-5-8-11-12-9(13-8)7(3)10/h6-7H,4-5,10H2,1-3H3. The molecule has 0 saturated carbocycles. The average Bonchev–Trinajstić information content (AvgIpc) is 2.48. The molecule has 1 aromatic rings. The second-order valence-electron chi connectivity index (χ2n) is 3.76. The molecule has 0 saturated heterocycles. The van der Waals surface area contributed by atoms with Crippen LogP contribution in [-0.2, 0) is 6.42 Å². The van der Waals surface area contributed by atoms with E-state index in [4.69, 9.17) is 5.73 Å². The number of hydrogen-bond donors (Lipinski definition) is 1. The minimum Gasteiger partial charge on any atom is -0.322 e. The van der Waals surface area contributed by atoms with Crippen LogP contribution in [0.4, 0.5) is 0 Å². The number of nitrogens with zero attached hydrogens (tertiary/aromatic N) is 2. The van der Waals surface area contributed by atoms with Crippen molar-refractivity contribution in [1.29, 1.82) is 0 Å². The molecule has 0 bridgehead atoms. The molecule has 0 fully saturated rings. The fourth-order valence-corrected chi connectivity index (χ4v) is 1.77. The van der Waals surface area contributed by atoms with E-state index in [0.717, 1.165) is 22.4 Å². The van der Waals surface area contributed by atoms with Crippen molar-refractivity contribution in [2.45, 2.75) is 39.7 Å². The summed E-state index contributed by atoms with van der Waals surface area (Å²) >= 11 is 1.64. The van der Waals surface area contributed by atoms with Crippen molar-refractivity contribution in [3.05, 3.63) is 10.0 Å². The summed E-state index contributed by atoms with van der Waals surface area (Å²) in [6, 6.07) is 0.0188. The molecule has 74 valence electrons. The van der Waals surface area contributed by atoms with Gasteiger partial charge in [-0.2, -0.15) is 0 Å². The smallest absolute Gasteiger partial charge is 0.133 e. The largest absolute Gasteiger partial charge is 0.322 e. The Kier molecular flexibility index (Phi) is 3.81. The summed E-state index contributed by atoms with van der Waals surface area (Å²) in [7, 11) is 0. The highest BCUT2D eigenvalue weighted by Crippen LogP contribution is 2.18. The quantitative estimate of drug-likeness (QED) is 0.808. The van der Waals surface area contributed by atoms with Crippen LogP contribution in [0.3, 0.4) is 0 Å². The molecule has 1 atom stereocenters. The summed E-state index contributed by atoms with van der Waals surface area (Å²) in [4.78, 5) is 0. The van der Waals surface area contributed by atoms with Gasteiger partial charge in [0, 0.05) is 6.42 Å². The molecule has 1 unspecified atom stereocenters. The predicted octanol–water partition coefficient (Wildman–Crippen LogP) is 2.15. The van der Waals surface area contributed by atoms with Gasteiger partial charge in [-0.15, -0.1) is 10.2 Å². The van der Waals surface area contributed by atoms with Gasteiger partial charge in [0.2, 0.25) is 0 Å². The molecule has 0 radical (unpaired) electrons. The van der Waals surface area contributed by atoms with Crippen molar-refractivity contribution < 1.29 is 0 Å². The summed E-state index contributed by atoms with van der Waals surface area (Å²) in [6.45, 7) is 6.37. The molecule has 0 spiro atoms. The maximum Gasteiger partial charge on any atom is 0.133 e. The van der Waals surface area contributed by atoms with E-state index in [1.807, 2.05) is 6.92 Å². The Bertz CT molecular complexity index is 255. The predicted molar refractivity (Wildman–Crippen MR) is 55.7 cm³/mol. The molecule has 0 amide bonds. The van der Waals surface area contributed by atoms with E-state index in [1.54, 1.807) is 11.3 Å². The Labute approximate surface area is 83.4 Å². The maximum atomic E-state index is 5.69. The normalized spacial score (nSPS) is 13.6. The van der Waals surface area contributed by atoms with Crippen LogP contribution in [0.15, 0.2) is 0 Å². The van der Waals surface area contributed by atoms with Crippen molar-refractivity contribution in [3.63, 3.8) is 0 Å². The summed E-state index contributed by atoms with van der Waals surface area (Å²) < 4.78 is 0. The van der Waals surface area contributed by atoms with Crippen molar-refractivity contribution in [2.24, 2.45) is 11.7 Å². The lowest BCUT2D eigenvalue weighted by Crippen LogP contribution is -2.03.